The van der Waals surface area contributed by atoms with Gasteiger partial charge in [0.15, 0.2) is 0 Å². The highest BCUT2D eigenvalue weighted by Gasteiger charge is 2.13. The van der Waals surface area contributed by atoms with Crippen LogP contribution in [0, 0.1) is 18.3 Å². The van der Waals surface area contributed by atoms with E-state index >= 15 is 0 Å². The van der Waals surface area contributed by atoms with E-state index in [9.17, 15) is 10.1 Å². The number of carbonyl (C=O) groups is 1. The van der Waals surface area contributed by atoms with Gasteiger partial charge in [0, 0.05) is 24.4 Å². The predicted octanol–water partition coefficient (Wildman–Crippen LogP) is 3.42. The number of rotatable bonds is 5. The molecule has 0 bridgehead atoms. The Bertz CT molecular complexity index is 834. The van der Waals surface area contributed by atoms with Gasteiger partial charge in [-0.3, -0.25) is 9.48 Å². The highest BCUT2D eigenvalue weighted by molar-refractivity contribution is 6.34. The number of anilines is 1. The van der Waals surface area contributed by atoms with Crippen LogP contribution >= 0.6 is 11.6 Å². The summed E-state index contributed by atoms with van der Waals surface area (Å²) >= 11 is 6.07. The van der Waals surface area contributed by atoms with E-state index in [4.69, 9.17) is 16.3 Å². The third-order valence-electron chi connectivity index (χ3n) is 3.39. The lowest BCUT2D eigenvalue weighted by Gasteiger charge is -2.08. The third kappa shape index (κ3) is 3.94. The van der Waals surface area contributed by atoms with Crippen molar-refractivity contribution in [2.24, 2.45) is 0 Å². The molecule has 0 aliphatic carbocycles. The molecule has 1 heterocycles. The van der Waals surface area contributed by atoms with Gasteiger partial charge >= 0.3 is 0 Å². The van der Waals surface area contributed by atoms with Gasteiger partial charge in [-0.2, -0.15) is 10.4 Å². The van der Waals surface area contributed by atoms with Gasteiger partial charge < -0.3 is 10.1 Å². The first-order valence-electron chi connectivity index (χ1n) is 7.29. The quantitative estimate of drug-likeness (QED) is 0.665. The van der Waals surface area contributed by atoms with Crippen molar-refractivity contribution in [2.75, 3.05) is 12.4 Å². The molecule has 0 spiro atoms. The first-order chi connectivity index (χ1) is 11.5. The Morgan fingerprint density at radius 2 is 2.29 bits per heavy atom. The van der Waals surface area contributed by atoms with Gasteiger partial charge in [0.05, 0.1) is 23.5 Å². The van der Waals surface area contributed by atoms with Gasteiger partial charge in [-0.05, 0) is 32.1 Å². The summed E-state index contributed by atoms with van der Waals surface area (Å²) in [7, 11) is 1.52. The van der Waals surface area contributed by atoms with Crippen molar-refractivity contribution in [3.63, 3.8) is 0 Å². The number of aryl methyl sites for hydroxylation is 2. The topological polar surface area (TPSA) is 79.9 Å². The number of hydrogen-bond acceptors (Lipinski definition) is 4. The summed E-state index contributed by atoms with van der Waals surface area (Å²) in [6, 6.07) is 6.80. The molecule has 0 saturated heterocycles. The number of methoxy groups -OCH3 is 1. The molecular weight excluding hydrogens is 328 g/mol. The largest absolute Gasteiger partial charge is 0.497 e. The van der Waals surface area contributed by atoms with Gasteiger partial charge in [0.2, 0.25) is 0 Å². The molecule has 0 unspecified atom stereocenters. The number of nitriles is 1. The zero-order chi connectivity index (χ0) is 17.7. The minimum atomic E-state index is -0.545. The molecule has 7 heteroatoms. The normalized spacial score (nSPS) is 11.0. The Balaban J connectivity index is 2.28. The fourth-order valence-electron chi connectivity index (χ4n) is 2.06. The predicted molar refractivity (Wildman–Crippen MR) is 92.9 cm³/mol. The van der Waals surface area contributed by atoms with Gasteiger partial charge in [0.25, 0.3) is 5.91 Å². The molecular formula is C17H17ClN4O2. The Kier molecular flexibility index (Phi) is 5.61. The summed E-state index contributed by atoms with van der Waals surface area (Å²) in [5, 5.41) is 16.6. The second-order valence-corrected chi connectivity index (χ2v) is 5.40. The molecule has 2 aromatic rings. The SMILES string of the molecule is CCn1cc(C=C(C#N)C(=O)Nc2cc(OC)ccc2Cl)c(C)n1. The van der Waals surface area contributed by atoms with Crippen LogP contribution in [0.4, 0.5) is 5.69 Å². The number of hydrogen-bond donors (Lipinski definition) is 1. The van der Waals surface area contributed by atoms with Crippen molar-refractivity contribution in [3.8, 4) is 11.8 Å². The van der Waals surface area contributed by atoms with E-state index in [1.807, 2.05) is 19.9 Å². The molecule has 24 heavy (non-hydrogen) atoms. The highest BCUT2D eigenvalue weighted by atomic mass is 35.5. The number of aromatic nitrogens is 2. The van der Waals surface area contributed by atoms with Gasteiger partial charge in [-0.25, -0.2) is 0 Å². The lowest BCUT2D eigenvalue weighted by molar-refractivity contribution is -0.112. The first kappa shape index (κ1) is 17.6. The van der Waals surface area contributed by atoms with Crippen LogP contribution in [-0.2, 0) is 11.3 Å². The molecule has 1 aromatic heterocycles. The summed E-state index contributed by atoms with van der Waals surface area (Å²) < 4.78 is 6.85. The minimum Gasteiger partial charge on any atom is -0.497 e. The summed E-state index contributed by atoms with van der Waals surface area (Å²) in [6.07, 6.45) is 3.30. The van der Waals surface area contributed by atoms with E-state index in [0.29, 0.717) is 23.0 Å². The van der Waals surface area contributed by atoms with Crippen LogP contribution in [0.1, 0.15) is 18.2 Å². The molecule has 6 nitrogen and oxygen atoms in total. The third-order valence-corrected chi connectivity index (χ3v) is 3.72. The van der Waals surface area contributed by atoms with Crippen molar-refractivity contribution in [3.05, 3.63) is 46.2 Å². The smallest absolute Gasteiger partial charge is 0.266 e. The second kappa shape index (κ2) is 7.66. The van der Waals surface area contributed by atoms with Crippen LogP contribution < -0.4 is 10.1 Å². The fourth-order valence-corrected chi connectivity index (χ4v) is 2.22. The zero-order valence-corrected chi connectivity index (χ0v) is 14.4. The zero-order valence-electron chi connectivity index (χ0n) is 13.6. The first-order valence-corrected chi connectivity index (χ1v) is 7.67. The highest BCUT2D eigenvalue weighted by Crippen LogP contribution is 2.27. The van der Waals surface area contributed by atoms with Crippen molar-refractivity contribution in [2.45, 2.75) is 20.4 Å². The van der Waals surface area contributed by atoms with Crippen LogP contribution in [0.2, 0.25) is 5.02 Å². The van der Waals surface area contributed by atoms with Crippen LogP contribution in [0.25, 0.3) is 6.08 Å². The lowest BCUT2D eigenvalue weighted by Crippen LogP contribution is -2.13. The van der Waals surface area contributed by atoms with Crippen molar-refractivity contribution in [1.29, 1.82) is 5.26 Å². The molecule has 1 N–H and O–H groups in total. The molecule has 1 aromatic carbocycles. The van der Waals surface area contributed by atoms with Gasteiger partial charge in [-0.15, -0.1) is 0 Å². The standard InChI is InChI=1S/C17H17ClN4O2/c1-4-22-10-13(11(2)21-22)7-12(9-19)17(23)20-16-8-14(24-3)5-6-15(16)18/h5-8,10H,4H2,1-3H3,(H,20,23). The molecule has 0 aliphatic rings. The van der Waals surface area contributed by atoms with Crippen LogP contribution in [0.15, 0.2) is 30.0 Å². The molecule has 0 radical (unpaired) electrons. The molecule has 0 saturated carbocycles. The van der Waals surface area contributed by atoms with Crippen molar-refractivity contribution >= 4 is 29.3 Å². The average molecular weight is 345 g/mol. The Morgan fingerprint density at radius 3 is 2.88 bits per heavy atom. The summed E-state index contributed by atoms with van der Waals surface area (Å²) in [5.41, 5.74) is 1.81. The van der Waals surface area contributed by atoms with E-state index in [1.165, 1.54) is 13.2 Å². The monoisotopic (exact) mass is 344 g/mol. The molecule has 1 amide bonds. The fraction of sp³-hybridized carbons (Fsp3) is 0.235. The number of benzene rings is 1. The summed E-state index contributed by atoms with van der Waals surface area (Å²) in [6.45, 7) is 4.49. The van der Waals surface area contributed by atoms with Crippen LogP contribution in [-0.4, -0.2) is 22.8 Å². The number of ether oxygens (including phenoxy) is 1. The number of nitrogens with one attached hydrogen (secondary N) is 1. The number of nitrogens with zero attached hydrogens (tertiary/aromatic N) is 3. The van der Waals surface area contributed by atoms with E-state index in [1.54, 1.807) is 29.1 Å². The van der Waals surface area contributed by atoms with Gasteiger partial charge in [0.1, 0.15) is 17.4 Å². The van der Waals surface area contributed by atoms with Crippen molar-refractivity contribution in [1.82, 2.24) is 9.78 Å². The molecule has 0 atom stereocenters. The van der Waals surface area contributed by atoms with E-state index in [-0.39, 0.29) is 5.57 Å². The van der Waals surface area contributed by atoms with Gasteiger partial charge in [-0.1, -0.05) is 11.6 Å². The van der Waals surface area contributed by atoms with Crippen LogP contribution in [0.3, 0.4) is 0 Å². The molecule has 0 fully saturated rings. The van der Waals surface area contributed by atoms with E-state index in [0.717, 1.165) is 11.3 Å². The second-order valence-electron chi connectivity index (χ2n) is 5.00. The van der Waals surface area contributed by atoms with Crippen molar-refractivity contribution < 1.29 is 9.53 Å². The Morgan fingerprint density at radius 1 is 1.54 bits per heavy atom. The Labute approximate surface area is 145 Å². The minimum absolute atomic E-state index is 0.0346. The average Bonchev–Trinajstić information content (AvgIpc) is 2.94. The number of amides is 1. The number of carbonyl (C=O) groups excluding carboxylic acids is 1. The summed E-state index contributed by atoms with van der Waals surface area (Å²) in [5.74, 6) is 0.00792. The summed E-state index contributed by atoms with van der Waals surface area (Å²) in [4.78, 5) is 12.4. The number of halogens is 1. The molecule has 124 valence electrons. The Hall–Kier alpha value is -2.78. The maximum absolute atomic E-state index is 12.4. The van der Waals surface area contributed by atoms with Crippen LogP contribution in [0.5, 0.6) is 5.75 Å². The van der Waals surface area contributed by atoms with E-state index < -0.39 is 5.91 Å². The van der Waals surface area contributed by atoms with E-state index in [2.05, 4.69) is 10.4 Å². The maximum atomic E-state index is 12.4. The molecule has 2 rings (SSSR count). The lowest BCUT2D eigenvalue weighted by atomic mass is 10.1. The molecule has 0 aliphatic heterocycles. The maximum Gasteiger partial charge on any atom is 0.266 e.